The van der Waals surface area contributed by atoms with Crippen molar-refractivity contribution in [1.82, 2.24) is 4.98 Å². The lowest BCUT2D eigenvalue weighted by Gasteiger charge is -1.99. The van der Waals surface area contributed by atoms with Crippen LogP contribution >= 0.6 is 0 Å². The summed E-state index contributed by atoms with van der Waals surface area (Å²) >= 11 is 0. The molecule has 16 heavy (non-hydrogen) atoms. The van der Waals surface area contributed by atoms with Gasteiger partial charge in [-0.15, -0.1) is 0 Å². The molecule has 1 N–H and O–H groups in total. The predicted octanol–water partition coefficient (Wildman–Crippen LogP) is 1.27. The fourth-order valence-electron chi connectivity index (χ4n) is 0.988. The van der Waals surface area contributed by atoms with Gasteiger partial charge in [0, 0.05) is 24.0 Å². The third-order valence-electron chi connectivity index (χ3n) is 1.72. The number of allylic oxidation sites excluding steroid dienone is 1. The van der Waals surface area contributed by atoms with Gasteiger partial charge in [0.15, 0.2) is 5.78 Å². The second-order valence-electron chi connectivity index (χ2n) is 2.85. The van der Waals surface area contributed by atoms with E-state index in [1.807, 2.05) is 0 Å². The Hall–Kier alpha value is -2.17. The van der Waals surface area contributed by atoms with Crippen LogP contribution in [0.4, 0.5) is 0 Å². The van der Waals surface area contributed by atoms with Crippen LogP contribution < -0.4 is 0 Å². The molecule has 0 saturated heterocycles. The zero-order valence-electron chi connectivity index (χ0n) is 8.71. The monoisotopic (exact) mass is 221 g/mol. The fourth-order valence-corrected chi connectivity index (χ4v) is 0.988. The van der Waals surface area contributed by atoms with E-state index in [9.17, 15) is 14.7 Å². The molecule has 1 aromatic rings. The van der Waals surface area contributed by atoms with E-state index >= 15 is 0 Å². The molecule has 0 atom stereocenters. The summed E-state index contributed by atoms with van der Waals surface area (Å²) in [5, 5.41) is 9.23. The highest BCUT2D eigenvalue weighted by Crippen LogP contribution is 2.02. The van der Waals surface area contributed by atoms with E-state index in [1.165, 1.54) is 24.5 Å². The molecule has 0 aliphatic rings. The van der Waals surface area contributed by atoms with Crippen molar-refractivity contribution in [2.75, 3.05) is 6.61 Å². The van der Waals surface area contributed by atoms with E-state index in [1.54, 1.807) is 6.92 Å². The minimum Gasteiger partial charge on any atom is -0.502 e. The molecule has 5 nitrogen and oxygen atoms in total. The first-order valence-corrected chi connectivity index (χ1v) is 4.67. The van der Waals surface area contributed by atoms with E-state index in [0.29, 0.717) is 5.56 Å². The number of hydrogen-bond acceptors (Lipinski definition) is 5. The first-order valence-electron chi connectivity index (χ1n) is 4.67. The van der Waals surface area contributed by atoms with Gasteiger partial charge in [0.05, 0.1) is 6.61 Å². The summed E-state index contributed by atoms with van der Waals surface area (Å²) in [7, 11) is 0. The highest BCUT2D eigenvalue weighted by atomic mass is 16.5. The number of pyridine rings is 1. The molecular formula is C11H11NO4. The first-order chi connectivity index (χ1) is 7.65. The summed E-state index contributed by atoms with van der Waals surface area (Å²) in [5.41, 5.74) is 0.339. The van der Waals surface area contributed by atoms with Crippen LogP contribution in [0.5, 0.6) is 0 Å². The van der Waals surface area contributed by atoms with Crippen molar-refractivity contribution in [2.45, 2.75) is 6.92 Å². The van der Waals surface area contributed by atoms with Crippen LogP contribution in [-0.2, 0) is 9.53 Å². The number of rotatable bonds is 4. The Kier molecular flexibility index (Phi) is 4.20. The van der Waals surface area contributed by atoms with Crippen molar-refractivity contribution >= 4 is 11.8 Å². The Morgan fingerprint density at radius 1 is 1.44 bits per heavy atom. The summed E-state index contributed by atoms with van der Waals surface area (Å²) in [6, 6.07) is 2.97. The average molecular weight is 221 g/mol. The molecule has 1 rings (SSSR count). The van der Waals surface area contributed by atoms with Gasteiger partial charge in [-0.05, 0) is 19.1 Å². The van der Waals surface area contributed by atoms with Crippen LogP contribution in [0.15, 0.2) is 36.4 Å². The Bertz CT molecular complexity index is 411. The number of ketones is 1. The molecule has 0 unspecified atom stereocenters. The van der Waals surface area contributed by atoms with E-state index in [4.69, 9.17) is 0 Å². The van der Waals surface area contributed by atoms with Gasteiger partial charge in [-0.3, -0.25) is 9.78 Å². The molecular weight excluding hydrogens is 210 g/mol. The van der Waals surface area contributed by atoms with Crippen molar-refractivity contribution in [3.8, 4) is 0 Å². The largest absolute Gasteiger partial charge is 0.502 e. The number of carbonyl (C=O) groups is 2. The number of nitrogens with zero attached hydrogens (tertiary/aromatic N) is 1. The maximum Gasteiger partial charge on any atom is 0.373 e. The summed E-state index contributed by atoms with van der Waals surface area (Å²) in [4.78, 5) is 26.2. The highest BCUT2D eigenvalue weighted by molar-refractivity contribution is 6.07. The Morgan fingerprint density at radius 2 is 2.06 bits per heavy atom. The smallest absolute Gasteiger partial charge is 0.373 e. The lowest BCUT2D eigenvalue weighted by molar-refractivity contribution is -0.141. The molecule has 0 spiro atoms. The van der Waals surface area contributed by atoms with Crippen molar-refractivity contribution in [3.63, 3.8) is 0 Å². The summed E-state index contributed by atoms with van der Waals surface area (Å²) in [5.74, 6) is -2.10. The number of carbonyl (C=O) groups excluding carboxylic acids is 2. The SMILES string of the molecule is CCOC(=O)C(O)=CC(=O)c1ccncc1. The van der Waals surface area contributed by atoms with Gasteiger partial charge in [0.25, 0.3) is 0 Å². The number of aromatic nitrogens is 1. The Balaban J connectivity index is 2.77. The zero-order valence-corrected chi connectivity index (χ0v) is 8.71. The third-order valence-corrected chi connectivity index (χ3v) is 1.72. The Labute approximate surface area is 92.4 Å². The third kappa shape index (κ3) is 3.20. The van der Waals surface area contributed by atoms with Crippen molar-refractivity contribution in [1.29, 1.82) is 0 Å². The number of aliphatic hydroxyl groups excluding tert-OH is 1. The molecule has 0 bridgehead atoms. The zero-order chi connectivity index (χ0) is 12.0. The molecule has 0 aliphatic heterocycles. The summed E-state index contributed by atoms with van der Waals surface area (Å²) in [6.45, 7) is 1.75. The van der Waals surface area contributed by atoms with Gasteiger partial charge >= 0.3 is 5.97 Å². The molecule has 0 saturated carbocycles. The minimum absolute atomic E-state index is 0.139. The van der Waals surface area contributed by atoms with Crippen molar-refractivity contribution in [3.05, 3.63) is 41.9 Å². The summed E-state index contributed by atoms with van der Waals surface area (Å²) < 4.78 is 4.52. The molecule has 0 radical (unpaired) electrons. The van der Waals surface area contributed by atoms with Crippen LogP contribution in [0, 0.1) is 0 Å². The molecule has 0 aromatic carbocycles. The molecule has 0 aliphatic carbocycles. The standard InChI is InChI=1S/C11H11NO4/c1-2-16-11(15)10(14)7-9(13)8-3-5-12-6-4-8/h3-7,14H,2H2,1H3. The van der Waals surface area contributed by atoms with Gasteiger partial charge in [0.2, 0.25) is 5.76 Å². The topological polar surface area (TPSA) is 76.5 Å². The maximum absolute atomic E-state index is 11.5. The number of aliphatic hydroxyl groups is 1. The normalized spacial score (nSPS) is 10.9. The summed E-state index contributed by atoms with van der Waals surface area (Å²) in [6.07, 6.45) is 3.72. The predicted molar refractivity (Wildman–Crippen MR) is 55.9 cm³/mol. The molecule has 84 valence electrons. The molecule has 5 heteroatoms. The average Bonchev–Trinajstić information content (AvgIpc) is 2.30. The van der Waals surface area contributed by atoms with E-state index in [-0.39, 0.29) is 6.61 Å². The Morgan fingerprint density at radius 3 is 2.62 bits per heavy atom. The van der Waals surface area contributed by atoms with Crippen LogP contribution in [0.1, 0.15) is 17.3 Å². The number of hydrogen-bond donors (Lipinski definition) is 1. The molecule has 1 heterocycles. The quantitative estimate of drug-likeness (QED) is 0.358. The van der Waals surface area contributed by atoms with Gasteiger partial charge in [-0.25, -0.2) is 4.79 Å². The second-order valence-corrected chi connectivity index (χ2v) is 2.85. The molecule has 1 aromatic heterocycles. The number of esters is 1. The van der Waals surface area contributed by atoms with E-state index < -0.39 is 17.5 Å². The van der Waals surface area contributed by atoms with Crippen LogP contribution in [0.25, 0.3) is 0 Å². The number of ether oxygens (including phenoxy) is 1. The lowest BCUT2D eigenvalue weighted by atomic mass is 10.1. The second kappa shape index (κ2) is 5.65. The minimum atomic E-state index is -0.912. The fraction of sp³-hybridized carbons (Fsp3) is 0.182. The lowest BCUT2D eigenvalue weighted by Crippen LogP contribution is -2.09. The molecule has 0 fully saturated rings. The van der Waals surface area contributed by atoms with Crippen molar-refractivity contribution in [2.24, 2.45) is 0 Å². The van der Waals surface area contributed by atoms with Gasteiger partial charge in [-0.2, -0.15) is 0 Å². The van der Waals surface area contributed by atoms with E-state index in [2.05, 4.69) is 9.72 Å². The van der Waals surface area contributed by atoms with E-state index in [0.717, 1.165) is 6.08 Å². The highest BCUT2D eigenvalue weighted by Gasteiger charge is 2.11. The maximum atomic E-state index is 11.5. The molecule has 0 amide bonds. The van der Waals surface area contributed by atoms with Gasteiger partial charge in [0.1, 0.15) is 0 Å². The van der Waals surface area contributed by atoms with Gasteiger partial charge < -0.3 is 9.84 Å². The van der Waals surface area contributed by atoms with Crippen LogP contribution in [0.2, 0.25) is 0 Å². The van der Waals surface area contributed by atoms with Crippen molar-refractivity contribution < 1.29 is 19.4 Å². The van der Waals surface area contributed by atoms with Crippen LogP contribution in [-0.4, -0.2) is 28.4 Å². The first kappa shape index (κ1) is 11.9. The van der Waals surface area contributed by atoms with Gasteiger partial charge in [-0.1, -0.05) is 0 Å². The van der Waals surface area contributed by atoms with Crippen LogP contribution in [0.3, 0.4) is 0 Å².